The van der Waals surface area contributed by atoms with Crippen molar-refractivity contribution >= 4 is 18.0 Å². The fraction of sp³-hybridized carbons (Fsp3) is 0.464. The lowest BCUT2D eigenvalue weighted by atomic mass is 9.98. The van der Waals surface area contributed by atoms with E-state index in [-0.39, 0.29) is 36.8 Å². The molecule has 2 unspecified atom stereocenters. The Hall–Kier alpha value is -3.35. The van der Waals surface area contributed by atoms with Gasteiger partial charge in [0.2, 0.25) is 5.91 Å². The number of alkyl carbamates (subject to hydrolysis) is 1. The highest BCUT2D eigenvalue weighted by atomic mass is 16.5. The number of carboxylic acid groups (broad SMARTS) is 1. The van der Waals surface area contributed by atoms with Crippen LogP contribution in [0.2, 0.25) is 0 Å². The monoisotopic (exact) mass is 478 g/mol. The normalized spacial score (nSPS) is 17.0. The topological polar surface area (TPSA) is 105 Å². The van der Waals surface area contributed by atoms with E-state index in [2.05, 4.69) is 34.9 Å². The van der Waals surface area contributed by atoms with Crippen molar-refractivity contribution in [2.75, 3.05) is 6.61 Å². The standard InChI is InChI=1S/C28H34N2O5/c1-18(26(33)30-28(14-15-28)16-25(31)32)8-7-9-19(2)29-27(34)35-17-24-22-12-5-3-10-20(22)21-11-4-6-13-23(21)24/h3-6,10-13,18-19,24H,7-9,14-17H2,1-2H3,(H,29,34)(H,30,33)(H,31,32). The van der Waals surface area contributed by atoms with E-state index >= 15 is 0 Å². The number of hydrogen-bond donors (Lipinski definition) is 3. The van der Waals surface area contributed by atoms with Crippen LogP contribution >= 0.6 is 0 Å². The van der Waals surface area contributed by atoms with Crippen LogP contribution in [0.4, 0.5) is 4.79 Å². The molecule has 4 rings (SSSR count). The molecule has 0 bridgehead atoms. The summed E-state index contributed by atoms with van der Waals surface area (Å²) in [6, 6.07) is 16.4. The van der Waals surface area contributed by atoms with E-state index in [0.29, 0.717) is 6.42 Å². The van der Waals surface area contributed by atoms with Crippen LogP contribution in [0.15, 0.2) is 48.5 Å². The molecule has 2 aromatic rings. The Morgan fingerprint density at radius 2 is 1.60 bits per heavy atom. The highest BCUT2D eigenvalue weighted by molar-refractivity contribution is 5.81. The predicted molar refractivity (Wildman–Crippen MR) is 133 cm³/mol. The largest absolute Gasteiger partial charge is 0.481 e. The van der Waals surface area contributed by atoms with Gasteiger partial charge in [-0.3, -0.25) is 9.59 Å². The second-order valence-electron chi connectivity index (χ2n) is 10.0. The number of hydrogen-bond acceptors (Lipinski definition) is 4. The number of ether oxygens (including phenoxy) is 1. The second-order valence-corrected chi connectivity index (χ2v) is 10.0. The highest BCUT2D eigenvalue weighted by Crippen LogP contribution is 2.44. The minimum Gasteiger partial charge on any atom is -0.481 e. The number of carboxylic acids is 1. The molecule has 2 amide bonds. The van der Waals surface area contributed by atoms with Gasteiger partial charge in [-0.25, -0.2) is 4.79 Å². The lowest BCUT2D eigenvalue weighted by Gasteiger charge is -2.20. The zero-order chi connectivity index (χ0) is 25.0. The first-order chi connectivity index (χ1) is 16.8. The van der Waals surface area contributed by atoms with Crippen molar-refractivity contribution in [3.63, 3.8) is 0 Å². The van der Waals surface area contributed by atoms with Crippen LogP contribution in [-0.4, -0.2) is 41.3 Å². The maximum Gasteiger partial charge on any atom is 0.407 e. The molecular formula is C28H34N2O5. The fourth-order valence-electron chi connectivity index (χ4n) is 4.95. The number of nitrogens with one attached hydrogen (secondary N) is 2. The van der Waals surface area contributed by atoms with Crippen molar-refractivity contribution in [3.05, 3.63) is 59.7 Å². The number of carbonyl (C=O) groups is 3. The molecule has 0 spiro atoms. The molecule has 0 heterocycles. The summed E-state index contributed by atoms with van der Waals surface area (Å²) in [4.78, 5) is 35.8. The quantitative estimate of drug-likeness (QED) is 0.429. The number of aliphatic carboxylic acids is 1. The first-order valence-electron chi connectivity index (χ1n) is 12.4. The molecule has 2 atom stereocenters. The van der Waals surface area contributed by atoms with E-state index in [1.54, 1.807) is 0 Å². The first kappa shape index (κ1) is 24.8. The van der Waals surface area contributed by atoms with E-state index in [4.69, 9.17) is 9.84 Å². The number of fused-ring (bicyclic) bond motifs is 3. The van der Waals surface area contributed by atoms with Gasteiger partial charge in [-0.2, -0.15) is 0 Å². The van der Waals surface area contributed by atoms with Crippen LogP contribution in [0, 0.1) is 5.92 Å². The third-order valence-corrected chi connectivity index (χ3v) is 7.16. The average molecular weight is 479 g/mol. The minimum absolute atomic E-state index is 0.0213. The van der Waals surface area contributed by atoms with Crippen LogP contribution in [0.3, 0.4) is 0 Å². The Balaban J connectivity index is 1.19. The number of rotatable bonds is 11. The molecule has 2 aliphatic carbocycles. The number of amides is 2. The molecule has 0 radical (unpaired) electrons. The van der Waals surface area contributed by atoms with Gasteiger partial charge in [-0.1, -0.05) is 61.9 Å². The van der Waals surface area contributed by atoms with Gasteiger partial charge in [0.25, 0.3) is 0 Å². The maximum absolute atomic E-state index is 12.4. The van der Waals surface area contributed by atoms with Crippen LogP contribution in [0.5, 0.6) is 0 Å². The summed E-state index contributed by atoms with van der Waals surface area (Å²) in [6.07, 6.45) is 3.15. The van der Waals surface area contributed by atoms with Gasteiger partial charge >= 0.3 is 12.1 Å². The average Bonchev–Trinajstić information content (AvgIpc) is 3.48. The van der Waals surface area contributed by atoms with E-state index in [1.807, 2.05) is 38.1 Å². The lowest BCUT2D eigenvalue weighted by Crippen LogP contribution is -2.41. The fourth-order valence-corrected chi connectivity index (χ4v) is 4.95. The van der Waals surface area contributed by atoms with Crippen LogP contribution < -0.4 is 10.6 Å². The first-order valence-corrected chi connectivity index (χ1v) is 12.4. The van der Waals surface area contributed by atoms with Gasteiger partial charge in [0.05, 0.1) is 12.0 Å². The summed E-state index contributed by atoms with van der Waals surface area (Å²) in [5.74, 6) is -1.16. The molecule has 0 saturated heterocycles. The number of carbonyl (C=O) groups excluding carboxylic acids is 2. The van der Waals surface area contributed by atoms with Crippen LogP contribution in [0.25, 0.3) is 11.1 Å². The maximum atomic E-state index is 12.4. The molecule has 0 aliphatic heterocycles. The Labute approximate surface area is 206 Å². The van der Waals surface area contributed by atoms with Crippen molar-refractivity contribution in [1.82, 2.24) is 10.6 Å². The zero-order valence-corrected chi connectivity index (χ0v) is 20.4. The van der Waals surface area contributed by atoms with Gasteiger partial charge in [-0.15, -0.1) is 0 Å². The molecule has 2 aliphatic rings. The Bertz CT molecular complexity index is 1050. The molecule has 1 fully saturated rings. The SMILES string of the molecule is CC(CCCC(C)C(=O)NC1(CC(=O)O)CC1)NC(=O)OCC1c2ccccc2-c2ccccc21. The van der Waals surface area contributed by atoms with Crippen molar-refractivity contribution in [2.45, 2.75) is 69.9 Å². The Kier molecular flexibility index (Phi) is 7.43. The predicted octanol–water partition coefficient (Wildman–Crippen LogP) is 4.84. The van der Waals surface area contributed by atoms with Crippen molar-refractivity contribution in [1.29, 1.82) is 0 Å². The van der Waals surface area contributed by atoms with Gasteiger partial charge in [-0.05, 0) is 54.9 Å². The second kappa shape index (κ2) is 10.5. The van der Waals surface area contributed by atoms with Gasteiger partial charge < -0.3 is 20.5 Å². The third-order valence-electron chi connectivity index (χ3n) is 7.16. The van der Waals surface area contributed by atoms with E-state index in [1.165, 1.54) is 22.3 Å². The molecule has 0 aromatic heterocycles. The minimum atomic E-state index is -0.886. The van der Waals surface area contributed by atoms with Crippen LogP contribution in [0.1, 0.15) is 69.4 Å². The molecular weight excluding hydrogens is 444 g/mol. The van der Waals surface area contributed by atoms with E-state index < -0.39 is 17.6 Å². The summed E-state index contributed by atoms with van der Waals surface area (Å²) in [5.41, 5.74) is 4.20. The van der Waals surface area contributed by atoms with Crippen molar-refractivity contribution in [3.8, 4) is 11.1 Å². The molecule has 2 aromatic carbocycles. The zero-order valence-electron chi connectivity index (χ0n) is 20.4. The number of benzene rings is 2. The van der Waals surface area contributed by atoms with E-state index in [0.717, 1.165) is 25.7 Å². The summed E-state index contributed by atoms with van der Waals surface area (Å²) in [6.45, 7) is 4.07. The summed E-state index contributed by atoms with van der Waals surface area (Å²) in [7, 11) is 0. The molecule has 7 heteroatoms. The highest BCUT2D eigenvalue weighted by Gasteiger charge is 2.46. The molecule has 7 nitrogen and oxygen atoms in total. The van der Waals surface area contributed by atoms with Gasteiger partial charge in [0.1, 0.15) is 6.61 Å². The molecule has 3 N–H and O–H groups in total. The molecule has 1 saturated carbocycles. The Morgan fingerprint density at radius 1 is 1.00 bits per heavy atom. The Morgan fingerprint density at radius 3 is 2.17 bits per heavy atom. The molecule has 35 heavy (non-hydrogen) atoms. The van der Waals surface area contributed by atoms with E-state index in [9.17, 15) is 14.4 Å². The van der Waals surface area contributed by atoms with Crippen molar-refractivity contribution < 1.29 is 24.2 Å². The summed E-state index contributed by atoms with van der Waals surface area (Å²) < 4.78 is 5.61. The lowest BCUT2D eigenvalue weighted by molar-refractivity contribution is -0.138. The summed E-state index contributed by atoms with van der Waals surface area (Å²) >= 11 is 0. The van der Waals surface area contributed by atoms with Crippen LogP contribution in [-0.2, 0) is 14.3 Å². The van der Waals surface area contributed by atoms with Gasteiger partial charge in [0.15, 0.2) is 0 Å². The smallest absolute Gasteiger partial charge is 0.407 e. The third kappa shape index (κ3) is 6.02. The van der Waals surface area contributed by atoms with Crippen molar-refractivity contribution in [2.24, 2.45) is 5.92 Å². The molecule has 186 valence electrons. The summed E-state index contributed by atoms with van der Waals surface area (Å²) in [5, 5.41) is 14.8. The van der Waals surface area contributed by atoms with Gasteiger partial charge in [0, 0.05) is 17.9 Å².